The summed E-state index contributed by atoms with van der Waals surface area (Å²) in [5.41, 5.74) is 1.82. The highest BCUT2D eigenvalue weighted by Crippen LogP contribution is 2.35. The molecule has 0 bridgehead atoms. The van der Waals surface area contributed by atoms with Crippen molar-refractivity contribution in [3.8, 4) is 17.2 Å². The Morgan fingerprint density at radius 1 is 1.14 bits per heavy atom. The second-order valence-electron chi connectivity index (χ2n) is 10.6. The third-order valence-electron chi connectivity index (χ3n) is 7.26. The number of hydrogen-bond donors (Lipinski definition) is 1. The van der Waals surface area contributed by atoms with Crippen molar-refractivity contribution in [3.05, 3.63) is 65.6 Å². The fourth-order valence-corrected chi connectivity index (χ4v) is 5.15. The Bertz CT molecular complexity index is 1410. The SMILES string of the molecule is CC(C)N(CC(F)(F)F)C(=O)c1cc(F)ccc1Oc1cncnc1N1CCC(Oc2ccnc3c2CNCC3)CC1. The monoisotopic (exact) mass is 588 g/mol. The Kier molecular flexibility index (Phi) is 8.76. The van der Waals surface area contributed by atoms with E-state index in [4.69, 9.17) is 9.47 Å². The number of nitrogens with one attached hydrogen (secondary N) is 1. The zero-order valence-corrected chi connectivity index (χ0v) is 23.3. The second kappa shape index (κ2) is 12.5. The molecular formula is C29H32F4N6O3. The number of alkyl halides is 3. The molecule has 42 heavy (non-hydrogen) atoms. The molecule has 0 spiro atoms. The minimum absolute atomic E-state index is 0.0159. The second-order valence-corrected chi connectivity index (χ2v) is 10.6. The molecule has 224 valence electrons. The molecule has 0 atom stereocenters. The molecular weight excluding hydrogens is 556 g/mol. The van der Waals surface area contributed by atoms with Crippen LogP contribution in [0.2, 0.25) is 0 Å². The summed E-state index contributed by atoms with van der Waals surface area (Å²) in [6, 6.07) is 4.28. The molecule has 2 aliphatic heterocycles. The number of carbonyl (C=O) groups excluding carboxylic acids is 1. The molecule has 1 amide bonds. The first kappa shape index (κ1) is 29.5. The average Bonchev–Trinajstić information content (AvgIpc) is 2.97. The van der Waals surface area contributed by atoms with Crippen molar-refractivity contribution in [3.63, 3.8) is 0 Å². The van der Waals surface area contributed by atoms with Gasteiger partial charge >= 0.3 is 6.18 Å². The molecule has 3 aromatic rings. The highest BCUT2D eigenvalue weighted by molar-refractivity contribution is 5.97. The maximum absolute atomic E-state index is 14.2. The normalized spacial score (nSPS) is 15.8. The summed E-state index contributed by atoms with van der Waals surface area (Å²) in [6.45, 7) is 4.23. The van der Waals surface area contributed by atoms with Crippen LogP contribution in [-0.4, -0.2) is 70.3 Å². The summed E-state index contributed by atoms with van der Waals surface area (Å²) in [5, 5.41) is 3.36. The minimum Gasteiger partial charge on any atom is -0.490 e. The third-order valence-corrected chi connectivity index (χ3v) is 7.26. The summed E-state index contributed by atoms with van der Waals surface area (Å²) < 4.78 is 66.2. The number of piperidine rings is 1. The van der Waals surface area contributed by atoms with Crippen molar-refractivity contribution in [1.82, 2.24) is 25.2 Å². The van der Waals surface area contributed by atoms with Crippen LogP contribution in [0.4, 0.5) is 23.4 Å². The van der Waals surface area contributed by atoms with Crippen LogP contribution in [0.3, 0.4) is 0 Å². The van der Waals surface area contributed by atoms with Crippen LogP contribution in [0.25, 0.3) is 0 Å². The van der Waals surface area contributed by atoms with Crippen LogP contribution in [0, 0.1) is 5.82 Å². The molecule has 0 aliphatic carbocycles. The number of carbonyl (C=O) groups is 1. The minimum atomic E-state index is -4.63. The van der Waals surface area contributed by atoms with E-state index in [1.54, 1.807) is 6.20 Å². The number of fused-ring (bicyclic) bond motifs is 1. The number of pyridine rings is 1. The molecule has 1 fully saturated rings. The van der Waals surface area contributed by atoms with Gasteiger partial charge in [-0.1, -0.05) is 0 Å². The number of amides is 1. The summed E-state index contributed by atoms with van der Waals surface area (Å²) >= 11 is 0. The first-order chi connectivity index (χ1) is 20.1. The molecule has 2 aromatic heterocycles. The van der Waals surface area contributed by atoms with Crippen molar-refractivity contribution >= 4 is 11.7 Å². The largest absolute Gasteiger partial charge is 0.490 e. The van der Waals surface area contributed by atoms with Gasteiger partial charge in [-0.3, -0.25) is 9.78 Å². The van der Waals surface area contributed by atoms with Crippen LogP contribution >= 0.6 is 0 Å². The Balaban J connectivity index is 1.31. The van der Waals surface area contributed by atoms with E-state index in [1.165, 1.54) is 32.4 Å². The molecule has 1 N–H and O–H groups in total. The van der Waals surface area contributed by atoms with E-state index >= 15 is 0 Å². The number of hydrogen-bond acceptors (Lipinski definition) is 8. The van der Waals surface area contributed by atoms with Crippen molar-refractivity contribution in [2.24, 2.45) is 0 Å². The van der Waals surface area contributed by atoms with Crippen LogP contribution in [0.5, 0.6) is 17.2 Å². The van der Waals surface area contributed by atoms with E-state index in [0.717, 1.165) is 48.6 Å². The van der Waals surface area contributed by atoms with E-state index in [9.17, 15) is 22.4 Å². The van der Waals surface area contributed by atoms with Crippen molar-refractivity contribution in [2.45, 2.75) is 58.0 Å². The topological polar surface area (TPSA) is 92.7 Å². The van der Waals surface area contributed by atoms with Crippen LogP contribution < -0.4 is 19.7 Å². The smallest absolute Gasteiger partial charge is 0.406 e. The van der Waals surface area contributed by atoms with Gasteiger partial charge in [0.05, 0.1) is 11.8 Å². The number of halogens is 4. The van der Waals surface area contributed by atoms with Crippen LogP contribution in [0.15, 0.2) is 43.0 Å². The summed E-state index contributed by atoms with van der Waals surface area (Å²) in [5.74, 6) is -0.391. The highest BCUT2D eigenvalue weighted by Gasteiger charge is 2.36. The quantitative estimate of drug-likeness (QED) is 0.372. The molecule has 1 saturated heterocycles. The molecule has 5 rings (SSSR count). The van der Waals surface area contributed by atoms with Gasteiger partial charge < -0.3 is 24.6 Å². The van der Waals surface area contributed by atoms with Crippen LogP contribution in [0.1, 0.15) is 48.3 Å². The van der Waals surface area contributed by atoms with E-state index in [0.29, 0.717) is 36.6 Å². The fourth-order valence-electron chi connectivity index (χ4n) is 5.15. The lowest BCUT2D eigenvalue weighted by atomic mass is 10.0. The van der Waals surface area contributed by atoms with Crippen LogP contribution in [-0.2, 0) is 13.0 Å². The van der Waals surface area contributed by atoms with E-state index in [1.807, 2.05) is 11.0 Å². The molecule has 0 saturated carbocycles. The zero-order chi connectivity index (χ0) is 29.9. The Morgan fingerprint density at radius 2 is 1.93 bits per heavy atom. The van der Waals surface area contributed by atoms with Crippen molar-refractivity contribution in [2.75, 3.05) is 31.1 Å². The Hall–Kier alpha value is -4.00. The van der Waals surface area contributed by atoms with Crippen molar-refractivity contribution in [1.29, 1.82) is 0 Å². The summed E-state index contributed by atoms with van der Waals surface area (Å²) in [7, 11) is 0. The standard InChI is InChI=1S/C29H32F4N6O3/c1-18(2)39(16-29(31,32)33)28(40)21-13-19(30)3-4-24(21)42-26-15-35-17-37-27(26)38-11-7-20(8-12-38)41-25-6-10-36-23-5-9-34-14-22(23)25/h3-4,6,10,13,15,17-18,20,34H,5,7-9,11-12,14,16H2,1-2H3. The fraction of sp³-hybridized carbons (Fsp3) is 0.448. The lowest BCUT2D eigenvalue weighted by Crippen LogP contribution is -2.43. The molecule has 1 aromatic carbocycles. The van der Waals surface area contributed by atoms with E-state index in [-0.39, 0.29) is 23.2 Å². The number of aromatic nitrogens is 3. The molecule has 4 heterocycles. The van der Waals surface area contributed by atoms with Gasteiger partial charge in [-0.25, -0.2) is 14.4 Å². The maximum atomic E-state index is 14.2. The predicted molar refractivity (Wildman–Crippen MR) is 146 cm³/mol. The van der Waals surface area contributed by atoms with Gasteiger partial charge in [-0.15, -0.1) is 0 Å². The lowest BCUT2D eigenvalue weighted by Gasteiger charge is -2.34. The Morgan fingerprint density at radius 3 is 2.67 bits per heavy atom. The molecule has 0 radical (unpaired) electrons. The predicted octanol–water partition coefficient (Wildman–Crippen LogP) is 4.91. The number of nitrogens with zero attached hydrogens (tertiary/aromatic N) is 5. The highest BCUT2D eigenvalue weighted by atomic mass is 19.4. The van der Waals surface area contributed by atoms with Gasteiger partial charge in [0.25, 0.3) is 5.91 Å². The summed E-state index contributed by atoms with van der Waals surface area (Å²) in [6.07, 6.45) is 2.17. The molecule has 13 heteroatoms. The van der Waals surface area contributed by atoms with Gasteiger partial charge in [-0.2, -0.15) is 13.2 Å². The Labute approximate surface area is 240 Å². The van der Waals surface area contributed by atoms with E-state index < -0.39 is 30.5 Å². The first-order valence-electron chi connectivity index (χ1n) is 13.8. The summed E-state index contributed by atoms with van der Waals surface area (Å²) in [4.78, 5) is 28.7. The average molecular weight is 589 g/mol. The molecule has 0 unspecified atom stereocenters. The van der Waals surface area contributed by atoms with Gasteiger partial charge in [0.15, 0.2) is 11.6 Å². The molecule has 2 aliphatic rings. The lowest BCUT2D eigenvalue weighted by molar-refractivity contribution is -0.143. The van der Waals surface area contributed by atoms with Gasteiger partial charge in [0, 0.05) is 68.9 Å². The number of ether oxygens (including phenoxy) is 2. The third kappa shape index (κ3) is 6.89. The first-order valence-corrected chi connectivity index (χ1v) is 13.8. The maximum Gasteiger partial charge on any atom is 0.406 e. The van der Waals surface area contributed by atoms with Gasteiger partial charge in [0.2, 0.25) is 0 Å². The van der Waals surface area contributed by atoms with Gasteiger partial charge in [-0.05, 0) is 38.1 Å². The number of rotatable bonds is 8. The zero-order valence-electron chi connectivity index (χ0n) is 23.3. The van der Waals surface area contributed by atoms with Crippen molar-refractivity contribution < 1.29 is 31.8 Å². The van der Waals surface area contributed by atoms with E-state index in [2.05, 4.69) is 20.3 Å². The number of benzene rings is 1. The van der Waals surface area contributed by atoms with Gasteiger partial charge in [0.1, 0.15) is 36.3 Å². The number of anilines is 1. The molecule has 9 nitrogen and oxygen atoms in total.